The van der Waals surface area contributed by atoms with Crippen molar-refractivity contribution in [2.24, 2.45) is 11.8 Å². The third-order valence-electron chi connectivity index (χ3n) is 5.60. The van der Waals surface area contributed by atoms with Gasteiger partial charge in [0.15, 0.2) is 0 Å². The van der Waals surface area contributed by atoms with E-state index in [1.807, 2.05) is 12.1 Å². The maximum Gasteiger partial charge on any atom is 0.285 e. The number of hydrogen-bond acceptors (Lipinski definition) is 3. The number of hydrogen-bond donors (Lipinski definition) is 1. The summed E-state index contributed by atoms with van der Waals surface area (Å²) < 4.78 is 0. The minimum Gasteiger partial charge on any atom is -0.278 e. The number of nitrogens with zero attached hydrogens (tertiary/aromatic N) is 1. The molecule has 122 valence electrons. The molecule has 1 aliphatic heterocycles. The van der Waals surface area contributed by atoms with Crippen molar-refractivity contribution in [2.75, 3.05) is 0 Å². The molecule has 2 aromatic carbocycles. The lowest BCUT2D eigenvalue weighted by molar-refractivity contribution is -0.0378. The minimum atomic E-state index is -0.612. The molecule has 0 saturated heterocycles. The van der Waals surface area contributed by atoms with Crippen LogP contribution in [0.2, 0.25) is 0 Å². The Hall–Kier alpha value is -2.20. The fourth-order valence-electron chi connectivity index (χ4n) is 3.90. The van der Waals surface area contributed by atoms with Gasteiger partial charge in [0.1, 0.15) is 0 Å². The molecule has 0 unspecified atom stereocenters. The Morgan fingerprint density at radius 2 is 1.50 bits per heavy atom. The first-order valence-electron chi connectivity index (χ1n) is 8.78. The average molecular weight is 321 g/mol. The first kappa shape index (κ1) is 14.2. The van der Waals surface area contributed by atoms with Crippen LogP contribution < -0.4 is 0 Å². The fraction of sp³-hybridized carbons (Fsp3) is 0.400. The predicted molar refractivity (Wildman–Crippen MR) is 89.1 cm³/mol. The molecule has 2 aromatic rings. The fourth-order valence-corrected chi connectivity index (χ4v) is 3.90. The van der Waals surface area contributed by atoms with Crippen LogP contribution in [-0.2, 0) is 12.8 Å². The van der Waals surface area contributed by atoms with Crippen molar-refractivity contribution in [3.63, 3.8) is 0 Å². The standard InChI is InChI=1S/C20H19NO3/c22-19-16-8-5-13(9-11-1-2-11)15-7-6-14(10-12-3-4-12)17(18(15)16)20(23)21(19)24/h5-8,11-12,24H,1-4,9-10H2. The Labute approximate surface area is 140 Å². The molecular formula is C20H19NO3. The molecule has 0 atom stereocenters. The van der Waals surface area contributed by atoms with E-state index in [4.69, 9.17) is 0 Å². The topological polar surface area (TPSA) is 57.6 Å². The van der Waals surface area contributed by atoms with E-state index in [0.29, 0.717) is 17.0 Å². The van der Waals surface area contributed by atoms with E-state index in [1.165, 1.54) is 31.2 Å². The predicted octanol–water partition coefficient (Wildman–Crippen LogP) is 3.73. The molecule has 1 N–H and O–H groups in total. The van der Waals surface area contributed by atoms with E-state index in [-0.39, 0.29) is 5.06 Å². The van der Waals surface area contributed by atoms with Crippen LogP contribution in [0.4, 0.5) is 0 Å². The summed E-state index contributed by atoms with van der Waals surface area (Å²) in [5, 5.41) is 12.0. The van der Waals surface area contributed by atoms with Gasteiger partial charge in [-0.05, 0) is 72.9 Å². The molecule has 3 aliphatic rings. The van der Waals surface area contributed by atoms with Gasteiger partial charge >= 0.3 is 0 Å². The lowest BCUT2D eigenvalue weighted by atomic mass is 9.86. The SMILES string of the molecule is O=C1c2ccc(CC3CC3)c3ccc(CC4CC4)c(c23)C(=O)N1O. The van der Waals surface area contributed by atoms with Crippen molar-refractivity contribution < 1.29 is 14.8 Å². The van der Waals surface area contributed by atoms with Gasteiger partial charge in [0.2, 0.25) is 0 Å². The van der Waals surface area contributed by atoms with Crippen molar-refractivity contribution in [1.29, 1.82) is 0 Å². The van der Waals surface area contributed by atoms with E-state index >= 15 is 0 Å². The molecule has 0 radical (unpaired) electrons. The molecule has 1 heterocycles. The first-order chi connectivity index (χ1) is 11.6. The molecular weight excluding hydrogens is 302 g/mol. The van der Waals surface area contributed by atoms with Gasteiger partial charge in [0, 0.05) is 5.39 Å². The number of hydroxylamine groups is 2. The van der Waals surface area contributed by atoms with Crippen molar-refractivity contribution in [3.05, 3.63) is 46.5 Å². The number of rotatable bonds is 4. The maximum absolute atomic E-state index is 12.6. The van der Waals surface area contributed by atoms with Crippen molar-refractivity contribution in [3.8, 4) is 0 Å². The Balaban J connectivity index is 1.77. The average Bonchev–Trinajstić information content (AvgIpc) is 3.48. The Morgan fingerprint density at radius 3 is 2.17 bits per heavy atom. The molecule has 5 rings (SSSR count). The zero-order chi connectivity index (χ0) is 16.4. The number of benzene rings is 2. The Morgan fingerprint density at radius 1 is 0.875 bits per heavy atom. The second kappa shape index (κ2) is 4.90. The van der Waals surface area contributed by atoms with Crippen LogP contribution in [-0.4, -0.2) is 22.1 Å². The Bertz CT molecular complexity index is 893. The number of imide groups is 1. The summed E-state index contributed by atoms with van der Waals surface area (Å²) in [5.74, 6) is 0.183. The highest BCUT2D eigenvalue weighted by molar-refractivity contribution is 6.25. The molecule has 2 aliphatic carbocycles. The zero-order valence-corrected chi connectivity index (χ0v) is 13.4. The third-order valence-corrected chi connectivity index (χ3v) is 5.60. The minimum absolute atomic E-state index is 0.286. The van der Waals surface area contributed by atoms with Gasteiger partial charge < -0.3 is 0 Å². The summed E-state index contributed by atoms with van der Waals surface area (Å²) in [5.41, 5.74) is 3.15. The lowest BCUT2D eigenvalue weighted by Gasteiger charge is -2.25. The Kier molecular flexibility index (Phi) is 2.89. The monoisotopic (exact) mass is 321 g/mol. The van der Waals surface area contributed by atoms with E-state index in [9.17, 15) is 14.8 Å². The van der Waals surface area contributed by atoms with Gasteiger partial charge in [-0.2, -0.15) is 0 Å². The lowest BCUT2D eigenvalue weighted by Crippen LogP contribution is -2.38. The van der Waals surface area contributed by atoms with E-state index in [2.05, 4.69) is 6.07 Å². The quantitative estimate of drug-likeness (QED) is 0.689. The highest BCUT2D eigenvalue weighted by atomic mass is 16.5. The van der Waals surface area contributed by atoms with E-state index in [0.717, 1.165) is 35.1 Å². The summed E-state index contributed by atoms with van der Waals surface area (Å²) in [6, 6.07) is 7.87. The van der Waals surface area contributed by atoms with Crippen LogP contribution in [0.25, 0.3) is 10.8 Å². The number of carbonyl (C=O) groups is 2. The smallest absolute Gasteiger partial charge is 0.278 e. The first-order valence-corrected chi connectivity index (χ1v) is 8.78. The second-order valence-electron chi connectivity index (χ2n) is 7.51. The highest BCUT2D eigenvalue weighted by Crippen LogP contribution is 2.40. The van der Waals surface area contributed by atoms with Gasteiger partial charge in [-0.3, -0.25) is 14.8 Å². The summed E-state index contributed by atoms with van der Waals surface area (Å²) in [4.78, 5) is 25.0. The molecule has 4 nitrogen and oxygen atoms in total. The van der Waals surface area contributed by atoms with Crippen molar-refractivity contribution >= 4 is 22.6 Å². The van der Waals surface area contributed by atoms with Crippen LogP contribution in [0, 0.1) is 11.8 Å². The van der Waals surface area contributed by atoms with Gasteiger partial charge in [0.25, 0.3) is 11.8 Å². The van der Waals surface area contributed by atoms with Crippen LogP contribution in [0.5, 0.6) is 0 Å². The molecule has 2 saturated carbocycles. The molecule has 24 heavy (non-hydrogen) atoms. The second-order valence-corrected chi connectivity index (χ2v) is 7.51. The van der Waals surface area contributed by atoms with Crippen molar-refractivity contribution in [2.45, 2.75) is 38.5 Å². The van der Waals surface area contributed by atoms with Gasteiger partial charge in [-0.1, -0.05) is 18.2 Å². The van der Waals surface area contributed by atoms with Gasteiger partial charge in [-0.25, -0.2) is 0 Å². The summed E-state index contributed by atoms with van der Waals surface area (Å²) in [6.45, 7) is 0. The molecule has 0 bridgehead atoms. The third kappa shape index (κ3) is 2.09. The summed E-state index contributed by atoms with van der Waals surface area (Å²) in [7, 11) is 0. The van der Waals surface area contributed by atoms with Crippen LogP contribution in [0.3, 0.4) is 0 Å². The van der Waals surface area contributed by atoms with Gasteiger partial charge in [0.05, 0.1) is 11.1 Å². The normalized spacial score (nSPS) is 20.1. The van der Waals surface area contributed by atoms with Crippen LogP contribution in [0.15, 0.2) is 24.3 Å². The summed E-state index contributed by atoms with van der Waals surface area (Å²) >= 11 is 0. The molecule has 2 fully saturated rings. The zero-order valence-electron chi connectivity index (χ0n) is 13.4. The largest absolute Gasteiger partial charge is 0.285 e. The van der Waals surface area contributed by atoms with E-state index in [1.54, 1.807) is 6.07 Å². The molecule has 0 aromatic heterocycles. The van der Waals surface area contributed by atoms with Crippen molar-refractivity contribution in [1.82, 2.24) is 5.06 Å². The molecule has 4 heteroatoms. The van der Waals surface area contributed by atoms with Crippen LogP contribution in [0.1, 0.15) is 57.5 Å². The van der Waals surface area contributed by atoms with Gasteiger partial charge in [-0.15, -0.1) is 5.06 Å². The molecule has 0 spiro atoms. The number of amides is 2. The van der Waals surface area contributed by atoms with E-state index < -0.39 is 11.8 Å². The summed E-state index contributed by atoms with van der Waals surface area (Å²) in [6.07, 6.45) is 6.77. The highest BCUT2D eigenvalue weighted by Gasteiger charge is 2.36. The number of carbonyl (C=O) groups excluding carboxylic acids is 2. The molecule has 2 amide bonds. The maximum atomic E-state index is 12.6. The van der Waals surface area contributed by atoms with Crippen LogP contribution >= 0.6 is 0 Å².